The maximum Gasteiger partial charge on any atom is 0.274 e. The molecule has 108 valence electrons. The molecule has 2 N–H and O–H groups in total. The first-order valence-electron chi connectivity index (χ1n) is 6.93. The normalized spacial score (nSPS) is 17.7. The summed E-state index contributed by atoms with van der Waals surface area (Å²) in [5, 5.41) is 3.12. The molecule has 0 radical (unpaired) electrons. The maximum absolute atomic E-state index is 12.2. The highest BCUT2D eigenvalue weighted by Gasteiger charge is 2.24. The Kier molecular flexibility index (Phi) is 5.01. The molecule has 5 nitrogen and oxygen atoms in total. The van der Waals surface area contributed by atoms with Crippen LogP contribution in [0.1, 0.15) is 44.8 Å². The van der Waals surface area contributed by atoms with Crippen LogP contribution in [0.25, 0.3) is 0 Å². The molecule has 0 saturated heterocycles. The van der Waals surface area contributed by atoms with Crippen LogP contribution in [-0.4, -0.2) is 21.0 Å². The highest BCUT2D eigenvalue weighted by Crippen LogP contribution is 2.20. The van der Waals surface area contributed by atoms with E-state index < -0.39 is 10.0 Å². The van der Waals surface area contributed by atoms with Crippen molar-refractivity contribution >= 4 is 10.0 Å². The van der Waals surface area contributed by atoms with Gasteiger partial charge in [0.1, 0.15) is 5.76 Å². The van der Waals surface area contributed by atoms with Crippen LogP contribution < -0.4 is 10.0 Å². The van der Waals surface area contributed by atoms with E-state index in [1.54, 1.807) is 6.07 Å². The van der Waals surface area contributed by atoms with Gasteiger partial charge >= 0.3 is 0 Å². The van der Waals surface area contributed by atoms with Crippen molar-refractivity contribution in [2.75, 3.05) is 6.54 Å². The lowest BCUT2D eigenvalue weighted by Gasteiger charge is -2.21. The first kappa shape index (κ1) is 14.6. The molecular weight excluding hydrogens is 264 g/mol. The second-order valence-electron chi connectivity index (χ2n) is 4.96. The van der Waals surface area contributed by atoms with Crippen molar-refractivity contribution in [3.63, 3.8) is 0 Å². The van der Waals surface area contributed by atoms with Gasteiger partial charge in [0.2, 0.25) is 5.09 Å². The third-order valence-electron chi connectivity index (χ3n) is 3.38. The quantitative estimate of drug-likeness (QED) is 0.839. The van der Waals surface area contributed by atoms with E-state index in [4.69, 9.17) is 4.42 Å². The summed E-state index contributed by atoms with van der Waals surface area (Å²) in [6.45, 7) is 3.36. The highest BCUT2D eigenvalue weighted by molar-refractivity contribution is 7.89. The van der Waals surface area contributed by atoms with Crippen molar-refractivity contribution < 1.29 is 12.8 Å². The van der Waals surface area contributed by atoms with Crippen LogP contribution in [0, 0.1) is 0 Å². The predicted octanol–water partition coefficient (Wildman–Crippen LogP) is 2.00. The minimum atomic E-state index is -3.51. The van der Waals surface area contributed by atoms with Crippen molar-refractivity contribution in [2.24, 2.45) is 0 Å². The Hall–Kier alpha value is -0.850. The molecule has 6 heteroatoms. The maximum atomic E-state index is 12.2. The van der Waals surface area contributed by atoms with Gasteiger partial charge in [-0.05, 0) is 31.5 Å². The fourth-order valence-electron chi connectivity index (χ4n) is 2.34. The van der Waals surface area contributed by atoms with E-state index in [0.29, 0.717) is 12.3 Å². The van der Waals surface area contributed by atoms with Crippen LogP contribution in [0.3, 0.4) is 0 Å². The number of furan rings is 1. The molecule has 2 rings (SSSR count). The minimum Gasteiger partial charge on any atom is -0.447 e. The minimum absolute atomic E-state index is 0.0194. The topological polar surface area (TPSA) is 71.3 Å². The molecule has 0 atom stereocenters. The lowest BCUT2D eigenvalue weighted by Crippen LogP contribution is -2.35. The predicted molar refractivity (Wildman–Crippen MR) is 73.3 cm³/mol. The molecule has 1 aliphatic rings. The van der Waals surface area contributed by atoms with Crippen molar-refractivity contribution in [3.05, 3.63) is 17.9 Å². The molecule has 1 aliphatic carbocycles. The molecule has 0 unspecified atom stereocenters. The monoisotopic (exact) mass is 286 g/mol. The molecule has 1 aromatic rings. The van der Waals surface area contributed by atoms with Gasteiger partial charge in [0, 0.05) is 6.04 Å². The zero-order valence-corrected chi connectivity index (χ0v) is 12.1. The van der Waals surface area contributed by atoms with Crippen molar-refractivity contribution in [1.29, 1.82) is 0 Å². The van der Waals surface area contributed by atoms with E-state index in [2.05, 4.69) is 10.0 Å². The zero-order chi connectivity index (χ0) is 13.7. The fraction of sp³-hybridized carbons (Fsp3) is 0.692. The van der Waals surface area contributed by atoms with Gasteiger partial charge in [-0.3, -0.25) is 0 Å². The Labute approximate surface area is 114 Å². The van der Waals surface area contributed by atoms with Gasteiger partial charge in [0.15, 0.2) is 0 Å². The summed E-state index contributed by atoms with van der Waals surface area (Å²) in [7, 11) is -3.51. The number of sulfonamides is 1. The van der Waals surface area contributed by atoms with Gasteiger partial charge < -0.3 is 9.73 Å². The molecule has 19 heavy (non-hydrogen) atoms. The fourth-order valence-corrected chi connectivity index (χ4v) is 3.60. The summed E-state index contributed by atoms with van der Waals surface area (Å²) in [6.07, 6.45) is 5.23. The van der Waals surface area contributed by atoms with Crippen LogP contribution in [0.2, 0.25) is 0 Å². The molecule has 0 aliphatic heterocycles. The molecule has 0 aromatic carbocycles. The van der Waals surface area contributed by atoms with E-state index in [9.17, 15) is 8.42 Å². The summed E-state index contributed by atoms with van der Waals surface area (Å²) >= 11 is 0. The summed E-state index contributed by atoms with van der Waals surface area (Å²) in [4.78, 5) is 0. The van der Waals surface area contributed by atoms with Crippen LogP contribution in [0.15, 0.2) is 21.6 Å². The largest absolute Gasteiger partial charge is 0.447 e. The van der Waals surface area contributed by atoms with E-state index >= 15 is 0 Å². The number of rotatable bonds is 6. The highest BCUT2D eigenvalue weighted by atomic mass is 32.2. The van der Waals surface area contributed by atoms with Crippen molar-refractivity contribution in [2.45, 2.75) is 56.7 Å². The second-order valence-corrected chi connectivity index (χ2v) is 6.60. The first-order valence-corrected chi connectivity index (χ1v) is 8.42. The molecule has 1 heterocycles. The number of hydrogen-bond acceptors (Lipinski definition) is 4. The SMILES string of the molecule is CCNCc1ccc(S(=O)(=O)NC2CCCCC2)o1. The lowest BCUT2D eigenvalue weighted by atomic mass is 9.96. The third-order valence-corrected chi connectivity index (χ3v) is 4.77. The molecule has 1 saturated carbocycles. The van der Waals surface area contributed by atoms with Crippen LogP contribution in [0.4, 0.5) is 0 Å². The lowest BCUT2D eigenvalue weighted by molar-refractivity contribution is 0.384. The van der Waals surface area contributed by atoms with Gasteiger partial charge in [-0.1, -0.05) is 26.2 Å². The zero-order valence-electron chi connectivity index (χ0n) is 11.3. The van der Waals surface area contributed by atoms with Gasteiger partial charge in [0.05, 0.1) is 6.54 Å². The Balaban J connectivity index is 1.99. The van der Waals surface area contributed by atoms with Crippen molar-refractivity contribution in [1.82, 2.24) is 10.0 Å². The van der Waals surface area contributed by atoms with E-state index in [0.717, 1.165) is 32.2 Å². The molecular formula is C13H22N2O3S. The van der Waals surface area contributed by atoms with Gasteiger partial charge in [0.25, 0.3) is 10.0 Å². The number of hydrogen-bond donors (Lipinski definition) is 2. The smallest absolute Gasteiger partial charge is 0.274 e. The molecule has 0 amide bonds. The Morgan fingerprint density at radius 1 is 1.26 bits per heavy atom. The summed E-state index contributed by atoms with van der Waals surface area (Å²) in [5.41, 5.74) is 0. The first-order chi connectivity index (χ1) is 9.12. The summed E-state index contributed by atoms with van der Waals surface area (Å²) < 4.78 is 32.4. The van der Waals surface area contributed by atoms with E-state index in [-0.39, 0.29) is 11.1 Å². The third kappa shape index (κ3) is 4.06. The van der Waals surface area contributed by atoms with Gasteiger partial charge in [-0.2, -0.15) is 0 Å². The summed E-state index contributed by atoms with van der Waals surface area (Å²) in [5.74, 6) is 0.644. The molecule has 1 aromatic heterocycles. The van der Waals surface area contributed by atoms with Crippen LogP contribution in [0.5, 0.6) is 0 Å². The van der Waals surface area contributed by atoms with Gasteiger partial charge in [-0.15, -0.1) is 0 Å². The Bertz CT molecular complexity index is 490. The number of nitrogens with one attached hydrogen (secondary N) is 2. The average Bonchev–Trinajstić information content (AvgIpc) is 2.86. The average molecular weight is 286 g/mol. The molecule has 0 spiro atoms. The second kappa shape index (κ2) is 6.54. The van der Waals surface area contributed by atoms with E-state index in [1.165, 1.54) is 12.5 Å². The van der Waals surface area contributed by atoms with Crippen LogP contribution >= 0.6 is 0 Å². The molecule has 1 fully saturated rings. The standard InChI is InChI=1S/C13H22N2O3S/c1-2-14-10-12-8-9-13(18-12)19(16,17)15-11-6-4-3-5-7-11/h8-9,11,14-15H,2-7,10H2,1H3. The van der Waals surface area contributed by atoms with Crippen LogP contribution in [-0.2, 0) is 16.6 Å². The summed E-state index contributed by atoms with van der Waals surface area (Å²) in [6, 6.07) is 3.29. The molecule has 0 bridgehead atoms. The van der Waals surface area contributed by atoms with Gasteiger partial charge in [-0.25, -0.2) is 13.1 Å². The Morgan fingerprint density at radius 3 is 2.68 bits per heavy atom. The Morgan fingerprint density at radius 2 is 2.00 bits per heavy atom. The van der Waals surface area contributed by atoms with Crippen molar-refractivity contribution in [3.8, 4) is 0 Å². The van der Waals surface area contributed by atoms with E-state index in [1.807, 2.05) is 6.92 Å².